The molecule has 0 amide bonds. The van der Waals surface area contributed by atoms with Crippen LogP contribution in [0.15, 0.2) is 23.0 Å². The summed E-state index contributed by atoms with van der Waals surface area (Å²) in [6, 6.07) is 2.04. The Bertz CT molecular complexity index is 495. The number of pyridine rings is 1. The largest absolute Gasteiger partial charge is 0.334 e. The summed E-state index contributed by atoms with van der Waals surface area (Å²) < 4.78 is 5.19. The van der Waals surface area contributed by atoms with Gasteiger partial charge in [0.1, 0.15) is 0 Å². The summed E-state index contributed by atoms with van der Waals surface area (Å²) in [5.41, 5.74) is 7.75. The molecule has 0 aliphatic carbocycles. The summed E-state index contributed by atoms with van der Waals surface area (Å²) >= 11 is 0. The summed E-state index contributed by atoms with van der Waals surface area (Å²) in [6.07, 6.45) is 5.03. The SMILES string of the molecule is CCC(N)Cc1noc(-c2cncc(C)c2)n1. The lowest BCUT2D eigenvalue weighted by molar-refractivity contribution is 0.419. The molecule has 1 atom stereocenters. The Hall–Kier alpha value is -1.75. The highest BCUT2D eigenvalue weighted by Gasteiger charge is 2.11. The molecule has 0 radical (unpaired) electrons. The van der Waals surface area contributed by atoms with Gasteiger partial charge >= 0.3 is 0 Å². The number of aromatic nitrogens is 3. The average Bonchev–Trinajstić information content (AvgIpc) is 2.77. The Kier molecular flexibility index (Phi) is 3.49. The van der Waals surface area contributed by atoms with Crippen LogP contribution in [0.5, 0.6) is 0 Å². The maximum atomic E-state index is 5.84. The third-order valence-electron chi connectivity index (χ3n) is 2.56. The van der Waals surface area contributed by atoms with Crippen LogP contribution in [0, 0.1) is 6.92 Å². The molecule has 0 aliphatic heterocycles. The highest BCUT2D eigenvalue weighted by Crippen LogP contribution is 2.17. The van der Waals surface area contributed by atoms with E-state index in [1.54, 1.807) is 12.4 Å². The number of nitrogens with two attached hydrogens (primary N) is 1. The van der Waals surface area contributed by atoms with E-state index in [9.17, 15) is 0 Å². The molecule has 0 saturated heterocycles. The molecule has 2 aromatic heterocycles. The molecule has 0 bridgehead atoms. The second-order valence-corrected chi connectivity index (χ2v) is 4.14. The number of aryl methyl sites for hydroxylation is 1. The predicted octanol–water partition coefficient (Wildman–Crippen LogP) is 1.72. The first-order valence-corrected chi connectivity index (χ1v) is 5.69. The zero-order valence-electron chi connectivity index (χ0n) is 10.1. The zero-order chi connectivity index (χ0) is 12.3. The molecule has 2 rings (SSSR count). The fraction of sp³-hybridized carbons (Fsp3) is 0.417. The highest BCUT2D eigenvalue weighted by molar-refractivity contribution is 5.51. The molecular weight excluding hydrogens is 216 g/mol. The minimum atomic E-state index is 0.0797. The van der Waals surface area contributed by atoms with Crippen LogP contribution < -0.4 is 5.73 Å². The number of hydrogen-bond acceptors (Lipinski definition) is 5. The van der Waals surface area contributed by atoms with Gasteiger partial charge in [0.25, 0.3) is 5.89 Å². The van der Waals surface area contributed by atoms with E-state index in [4.69, 9.17) is 10.3 Å². The lowest BCUT2D eigenvalue weighted by Gasteiger charge is -2.02. The van der Waals surface area contributed by atoms with E-state index < -0.39 is 0 Å². The first-order chi connectivity index (χ1) is 8.19. The van der Waals surface area contributed by atoms with E-state index in [2.05, 4.69) is 15.1 Å². The Morgan fingerprint density at radius 2 is 2.24 bits per heavy atom. The molecule has 2 N–H and O–H groups in total. The first-order valence-electron chi connectivity index (χ1n) is 5.69. The van der Waals surface area contributed by atoms with Crippen molar-refractivity contribution in [2.45, 2.75) is 32.7 Å². The highest BCUT2D eigenvalue weighted by atomic mass is 16.5. The van der Waals surface area contributed by atoms with Crippen LogP contribution in [0.25, 0.3) is 11.5 Å². The van der Waals surface area contributed by atoms with Gasteiger partial charge < -0.3 is 10.3 Å². The Labute approximate surface area is 100 Å². The molecule has 2 aromatic rings. The van der Waals surface area contributed by atoms with Gasteiger partial charge in [-0.05, 0) is 25.0 Å². The van der Waals surface area contributed by atoms with Crippen molar-refractivity contribution in [3.8, 4) is 11.5 Å². The zero-order valence-corrected chi connectivity index (χ0v) is 10.1. The van der Waals surface area contributed by atoms with Crippen LogP contribution in [0.3, 0.4) is 0 Å². The topological polar surface area (TPSA) is 77.8 Å². The normalized spacial score (nSPS) is 12.6. The van der Waals surface area contributed by atoms with Gasteiger partial charge in [0, 0.05) is 24.9 Å². The second kappa shape index (κ2) is 5.05. The van der Waals surface area contributed by atoms with Crippen molar-refractivity contribution in [2.24, 2.45) is 5.73 Å². The van der Waals surface area contributed by atoms with Gasteiger partial charge in [0.2, 0.25) is 0 Å². The summed E-state index contributed by atoms with van der Waals surface area (Å²) in [5.74, 6) is 1.15. The molecule has 17 heavy (non-hydrogen) atoms. The van der Waals surface area contributed by atoms with Crippen molar-refractivity contribution >= 4 is 0 Å². The summed E-state index contributed by atoms with van der Waals surface area (Å²) in [4.78, 5) is 8.41. The molecule has 0 aliphatic rings. The van der Waals surface area contributed by atoms with Gasteiger partial charge in [0.15, 0.2) is 5.82 Å². The summed E-state index contributed by atoms with van der Waals surface area (Å²) in [7, 11) is 0. The van der Waals surface area contributed by atoms with Crippen molar-refractivity contribution in [1.29, 1.82) is 0 Å². The lowest BCUT2D eigenvalue weighted by atomic mass is 10.1. The van der Waals surface area contributed by atoms with Crippen LogP contribution >= 0.6 is 0 Å². The van der Waals surface area contributed by atoms with E-state index in [-0.39, 0.29) is 6.04 Å². The maximum absolute atomic E-state index is 5.84. The molecule has 5 nitrogen and oxygen atoms in total. The van der Waals surface area contributed by atoms with Gasteiger partial charge in [-0.1, -0.05) is 12.1 Å². The second-order valence-electron chi connectivity index (χ2n) is 4.14. The third kappa shape index (κ3) is 2.88. The molecule has 0 spiro atoms. The number of rotatable bonds is 4. The lowest BCUT2D eigenvalue weighted by Crippen LogP contribution is -2.21. The average molecular weight is 232 g/mol. The van der Waals surface area contributed by atoms with Crippen LogP contribution in [0.4, 0.5) is 0 Å². The van der Waals surface area contributed by atoms with Crippen molar-refractivity contribution in [2.75, 3.05) is 0 Å². The van der Waals surface area contributed by atoms with Gasteiger partial charge in [-0.25, -0.2) is 0 Å². The smallest absolute Gasteiger partial charge is 0.259 e. The van der Waals surface area contributed by atoms with E-state index in [1.165, 1.54) is 0 Å². The third-order valence-corrected chi connectivity index (χ3v) is 2.56. The predicted molar refractivity (Wildman–Crippen MR) is 64.2 cm³/mol. The first kappa shape index (κ1) is 11.7. The quantitative estimate of drug-likeness (QED) is 0.868. The molecule has 0 saturated carbocycles. The minimum Gasteiger partial charge on any atom is -0.334 e. The maximum Gasteiger partial charge on any atom is 0.259 e. The fourth-order valence-electron chi connectivity index (χ4n) is 1.50. The van der Waals surface area contributed by atoms with E-state index in [0.717, 1.165) is 17.5 Å². The molecule has 1 unspecified atom stereocenters. The van der Waals surface area contributed by atoms with E-state index >= 15 is 0 Å². The monoisotopic (exact) mass is 232 g/mol. The Morgan fingerprint density at radius 1 is 1.41 bits per heavy atom. The fourth-order valence-corrected chi connectivity index (χ4v) is 1.50. The van der Waals surface area contributed by atoms with Gasteiger partial charge in [-0.3, -0.25) is 4.98 Å². The van der Waals surface area contributed by atoms with E-state index in [0.29, 0.717) is 18.1 Å². The number of nitrogens with zero attached hydrogens (tertiary/aromatic N) is 3. The molecule has 0 aromatic carbocycles. The molecule has 0 fully saturated rings. The minimum absolute atomic E-state index is 0.0797. The summed E-state index contributed by atoms with van der Waals surface area (Å²) in [6.45, 7) is 4.01. The van der Waals surface area contributed by atoms with Crippen LogP contribution in [-0.4, -0.2) is 21.2 Å². The molecule has 90 valence electrons. The van der Waals surface area contributed by atoms with Crippen molar-refractivity contribution < 1.29 is 4.52 Å². The van der Waals surface area contributed by atoms with Crippen LogP contribution in [-0.2, 0) is 6.42 Å². The summed E-state index contributed by atoms with van der Waals surface area (Å²) in [5, 5.41) is 3.92. The standard InChI is InChI=1S/C12H16N4O/c1-3-10(13)5-11-15-12(17-16-11)9-4-8(2)6-14-7-9/h4,6-7,10H,3,5,13H2,1-2H3. The number of hydrogen-bond donors (Lipinski definition) is 1. The van der Waals surface area contributed by atoms with E-state index in [1.807, 2.05) is 19.9 Å². The van der Waals surface area contributed by atoms with Crippen molar-refractivity contribution in [3.05, 3.63) is 29.8 Å². The van der Waals surface area contributed by atoms with Gasteiger partial charge in [-0.2, -0.15) is 4.98 Å². The van der Waals surface area contributed by atoms with Gasteiger partial charge in [0.05, 0.1) is 5.56 Å². The molecular formula is C12H16N4O. The van der Waals surface area contributed by atoms with Gasteiger partial charge in [-0.15, -0.1) is 0 Å². The Morgan fingerprint density at radius 3 is 2.94 bits per heavy atom. The van der Waals surface area contributed by atoms with Crippen molar-refractivity contribution in [3.63, 3.8) is 0 Å². The Balaban J connectivity index is 2.18. The molecule has 2 heterocycles. The van der Waals surface area contributed by atoms with Crippen molar-refractivity contribution in [1.82, 2.24) is 15.1 Å². The molecule has 5 heteroatoms. The van der Waals surface area contributed by atoms with Crippen LogP contribution in [0.2, 0.25) is 0 Å². The van der Waals surface area contributed by atoms with Crippen LogP contribution in [0.1, 0.15) is 24.7 Å².